The Labute approximate surface area is 150 Å². The predicted octanol–water partition coefficient (Wildman–Crippen LogP) is 3.51. The summed E-state index contributed by atoms with van der Waals surface area (Å²) >= 11 is 7.24. The van der Waals surface area contributed by atoms with Crippen LogP contribution >= 0.6 is 24.0 Å². The highest BCUT2D eigenvalue weighted by Crippen LogP contribution is 2.18. The Balaban J connectivity index is 1.57. The molecule has 1 aliphatic heterocycles. The summed E-state index contributed by atoms with van der Waals surface area (Å²) in [4.78, 5) is 3.91. The molecule has 128 valence electrons. The molecule has 1 heterocycles. The van der Waals surface area contributed by atoms with Crippen LogP contribution in [0.3, 0.4) is 0 Å². The number of nitrogens with one attached hydrogen (secondary N) is 2. The summed E-state index contributed by atoms with van der Waals surface area (Å²) in [5.41, 5.74) is 0. The van der Waals surface area contributed by atoms with Crippen molar-refractivity contribution in [1.82, 2.24) is 15.5 Å². The lowest BCUT2D eigenvalue weighted by atomic mass is 10.0. The molecule has 5 heteroatoms. The standard InChI is InChI=1S/C18H29N3S2/c1-15-8-6-7-12-21(15)16(2)14-20-18(22)19-11-13-23-17-9-4-3-5-10-17/h3-5,9-10,15-16H,6-8,11-14H2,1-2H3,(H2,19,20,22)/t15-,16-/m1/s1. The topological polar surface area (TPSA) is 27.3 Å². The summed E-state index contributed by atoms with van der Waals surface area (Å²) in [5.74, 6) is 1.02. The minimum atomic E-state index is 0.531. The van der Waals surface area contributed by atoms with Crippen LogP contribution in [0.4, 0.5) is 0 Å². The lowest BCUT2D eigenvalue weighted by Gasteiger charge is -2.38. The molecular formula is C18H29N3S2. The number of nitrogens with zero attached hydrogens (tertiary/aromatic N) is 1. The van der Waals surface area contributed by atoms with Gasteiger partial charge in [-0.25, -0.2) is 0 Å². The van der Waals surface area contributed by atoms with Gasteiger partial charge in [0.2, 0.25) is 0 Å². The van der Waals surface area contributed by atoms with Crippen LogP contribution < -0.4 is 10.6 Å². The molecule has 1 saturated heterocycles. The van der Waals surface area contributed by atoms with Crippen LogP contribution in [0, 0.1) is 0 Å². The van der Waals surface area contributed by atoms with E-state index in [0.29, 0.717) is 12.1 Å². The second-order valence-electron chi connectivity index (χ2n) is 6.23. The number of likely N-dealkylation sites (tertiary alicyclic amines) is 1. The highest BCUT2D eigenvalue weighted by atomic mass is 32.2. The number of thiocarbonyl (C=S) groups is 1. The van der Waals surface area contributed by atoms with Gasteiger partial charge in [0, 0.05) is 35.8 Å². The molecule has 0 saturated carbocycles. The molecule has 2 atom stereocenters. The minimum absolute atomic E-state index is 0.531. The van der Waals surface area contributed by atoms with E-state index in [-0.39, 0.29) is 0 Å². The predicted molar refractivity (Wildman–Crippen MR) is 105 cm³/mol. The summed E-state index contributed by atoms with van der Waals surface area (Å²) in [5, 5.41) is 7.45. The number of hydrogen-bond donors (Lipinski definition) is 2. The number of benzene rings is 1. The highest BCUT2D eigenvalue weighted by molar-refractivity contribution is 7.99. The Bertz CT molecular complexity index is 467. The number of thioether (sulfide) groups is 1. The molecule has 0 aromatic heterocycles. The van der Waals surface area contributed by atoms with Gasteiger partial charge in [0.1, 0.15) is 0 Å². The van der Waals surface area contributed by atoms with Crippen molar-refractivity contribution in [1.29, 1.82) is 0 Å². The molecule has 2 N–H and O–H groups in total. The fraction of sp³-hybridized carbons (Fsp3) is 0.611. The highest BCUT2D eigenvalue weighted by Gasteiger charge is 2.22. The quantitative estimate of drug-likeness (QED) is 0.445. The van der Waals surface area contributed by atoms with Crippen LogP contribution in [-0.4, -0.2) is 47.5 Å². The molecule has 0 bridgehead atoms. The summed E-state index contributed by atoms with van der Waals surface area (Å²) in [7, 11) is 0. The van der Waals surface area contributed by atoms with E-state index in [0.717, 1.165) is 24.0 Å². The second-order valence-corrected chi connectivity index (χ2v) is 7.81. The largest absolute Gasteiger partial charge is 0.362 e. The van der Waals surface area contributed by atoms with E-state index >= 15 is 0 Å². The maximum absolute atomic E-state index is 5.38. The van der Waals surface area contributed by atoms with Crippen molar-refractivity contribution in [3.8, 4) is 0 Å². The van der Waals surface area contributed by atoms with Crippen molar-refractivity contribution in [2.24, 2.45) is 0 Å². The lowest BCUT2D eigenvalue weighted by molar-refractivity contribution is 0.116. The zero-order chi connectivity index (χ0) is 16.5. The number of hydrogen-bond acceptors (Lipinski definition) is 3. The van der Waals surface area contributed by atoms with Crippen LogP contribution in [0.5, 0.6) is 0 Å². The van der Waals surface area contributed by atoms with Crippen molar-refractivity contribution < 1.29 is 0 Å². The van der Waals surface area contributed by atoms with Crippen molar-refractivity contribution in [2.75, 3.05) is 25.4 Å². The van der Waals surface area contributed by atoms with Gasteiger partial charge in [0.05, 0.1) is 0 Å². The molecule has 1 fully saturated rings. The molecule has 0 aliphatic carbocycles. The van der Waals surface area contributed by atoms with Gasteiger partial charge >= 0.3 is 0 Å². The summed E-state index contributed by atoms with van der Waals surface area (Å²) in [6.07, 6.45) is 4.02. The van der Waals surface area contributed by atoms with Crippen LogP contribution in [0.15, 0.2) is 35.2 Å². The van der Waals surface area contributed by atoms with Crippen molar-refractivity contribution in [3.05, 3.63) is 30.3 Å². The number of rotatable bonds is 7. The number of piperidine rings is 1. The smallest absolute Gasteiger partial charge is 0.166 e. The Kier molecular flexibility index (Phi) is 8.20. The van der Waals surface area contributed by atoms with Gasteiger partial charge in [-0.15, -0.1) is 11.8 Å². The maximum Gasteiger partial charge on any atom is 0.166 e. The molecule has 0 unspecified atom stereocenters. The first-order chi connectivity index (χ1) is 11.2. The molecule has 0 spiro atoms. The normalized spacial score (nSPS) is 20.0. The van der Waals surface area contributed by atoms with Crippen molar-refractivity contribution >= 4 is 29.1 Å². The SMILES string of the molecule is C[C@@H]1CCCCN1[C@H](C)CNC(=S)NCCSc1ccccc1. The lowest BCUT2D eigenvalue weighted by Crippen LogP contribution is -2.49. The molecular weight excluding hydrogens is 322 g/mol. The fourth-order valence-corrected chi connectivity index (χ4v) is 4.02. The van der Waals surface area contributed by atoms with Crippen LogP contribution in [0.2, 0.25) is 0 Å². The van der Waals surface area contributed by atoms with E-state index in [1.807, 2.05) is 17.8 Å². The van der Waals surface area contributed by atoms with E-state index < -0.39 is 0 Å². The van der Waals surface area contributed by atoms with E-state index in [9.17, 15) is 0 Å². The first-order valence-corrected chi connectivity index (χ1v) is 10.0. The molecule has 1 aromatic carbocycles. The first kappa shape index (κ1) is 18.6. The van der Waals surface area contributed by atoms with Gasteiger partial charge in [-0.2, -0.15) is 0 Å². The summed E-state index contributed by atoms with van der Waals surface area (Å²) in [6.45, 7) is 7.66. The zero-order valence-corrected chi connectivity index (χ0v) is 15.9. The monoisotopic (exact) mass is 351 g/mol. The van der Waals surface area contributed by atoms with E-state index in [1.54, 1.807) is 0 Å². The molecule has 0 amide bonds. The van der Waals surface area contributed by atoms with Gasteiger partial charge in [-0.05, 0) is 57.6 Å². The van der Waals surface area contributed by atoms with E-state index in [1.165, 1.54) is 30.7 Å². The summed E-state index contributed by atoms with van der Waals surface area (Å²) in [6, 6.07) is 11.7. The second kappa shape index (κ2) is 10.2. The van der Waals surface area contributed by atoms with Crippen LogP contribution in [0.1, 0.15) is 33.1 Å². The Morgan fingerprint density at radius 1 is 1.30 bits per heavy atom. The zero-order valence-electron chi connectivity index (χ0n) is 14.3. The molecule has 0 radical (unpaired) electrons. The molecule has 1 aromatic rings. The van der Waals surface area contributed by atoms with Gasteiger partial charge in [0.25, 0.3) is 0 Å². The molecule has 2 rings (SSSR count). The Hall–Kier alpha value is -0.780. The maximum atomic E-state index is 5.38. The van der Waals surface area contributed by atoms with Gasteiger partial charge in [-0.1, -0.05) is 24.6 Å². The van der Waals surface area contributed by atoms with Gasteiger partial charge in [0.15, 0.2) is 5.11 Å². The third kappa shape index (κ3) is 6.69. The van der Waals surface area contributed by atoms with E-state index in [2.05, 4.69) is 53.6 Å². The Morgan fingerprint density at radius 3 is 2.83 bits per heavy atom. The molecule has 1 aliphatic rings. The van der Waals surface area contributed by atoms with E-state index in [4.69, 9.17) is 12.2 Å². The van der Waals surface area contributed by atoms with Crippen LogP contribution in [0.25, 0.3) is 0 Å². The van der Waals surface area contributed by atoms with Gasteiger partial charge < -0.3 is 10.6 Å². The van der Waals surface area contributed by atoms with Crippen molar-refractivity contribution in [3.63, 3.8) is 0 Å². The third-order valence-electron chi connectivity index (χ3n) is 4.38. The average Bonchev–Trinajstić information content (AvgIpc) is 2.58. The third-order valence-corrected chi connectivity index (χ3v) is 5.68. The minimum Gasteiger partial charge on any atom is -0.362 e. The fourth-order valence-electron chi connectivity index (χ4n) is 3.05. The van der Waals surface area contributed by atoms with Crippen molar-refractivity contribution in [2.45, 2.75) is 50.1 Å². The average molecular weight is 352 g/mol. The molecule has 3 nitrogen and oxygen atoms in total. The first-order valence-electron chi connectivity index (χ1n) is 8.62. The van der Waals surface area contributed by atoms with Crippen LogP contribution in [-0.2, 0) is 0 Å². The Morgan fingerprint density at radius 2 is 2.09 bits per heavy atom. The summed E-state index contributed by atoms with van der Waals surface area (Å²) < 4.78 is 0. The molecule has 23 heavy (non-hydrogen) atoms. The van der Waals surface area contributed by atoms with Gasteiger partial charge in [-0.3, -0.25) is 4.90 Å².